The van der Waals surface area contributed by atoms with E-state index in [0.29, 0.717) is 23.3 Å². The van der Waals surface area contributed by atoms with E-state index in [0.717, 1.165) is 17.9 Å². The van der Waals surface area contributed by atoms with E-state index in [-0.39, 0.29) is 12.7 Å². The lowest BCUT2D eigenvalue weighted by atomic mass is 10.2. The maximum absolute atomic E-state index is 12.5. The van der Waals surface area contributed by atoms with Crippen LogP contribution in [0.15, 0.2) is 47.4 Å². The van der Waals surface area contributed by atoms with Crippen LogP contribution in [0, 0.1) is 0 Å². The van der Waals surface area contributed by atoms with Crippen LogP contribution in [0.3, 0.4) is 0 Å². The Bertz CT molecular complexity index is 781. The first-order valence-corrected chi connectivity index (χ1v) is 8.77. The van der Waals surface area contributed by atoms with Crippen molar-refractivity contribution in [3.8, 4) is 11.5 Å². The minimum absolute atomic E-state index is 0.0391. The van der Waals surface area contributed by atoms with Crippen LogP contribution in [0.25, 0.3) is 0 Å². The third kappa shape index (κ3) is 3.01. The lowest BCUT2D eigenvalue weighted by Gasteiger charge is -2.33. The fourth-order valence-electron chi connectivity index (χ4n) is 2.98. The molecule has 0 radical (unpaired) electrons. The zero-order valence-corrected chi connectivity index (χ0v) is 14.1. The first kappa shape index (κ1) is 15.2. The second-order valence-electron chi connectivity index (χ2n) is 5.89. The van der Waals surface area contributed by atoms with Crippen LogP contribution in [-0.2, 0) is 4.79 Å². The molecular weight excluding hydrogens is 324 g/mol. The summed E-state index contributed by atoms with van der Waals surface area (Å²) < 4.78 is 10.6. The van der Waals surface area contributed by atoms with Crippen LogP contribution in [0.2, 0.25) is 0 Å². The van der Waals surface area contributed by atoms with Gasteiger partial charge in [-0.1, -0.05) is 19.1 Å². The second-order valence-corrected chi connectivity index (χ2v) is 7.37. The van der Waals surface area contributed by atoms with E-state index in [1.807, 2.05) is 36.0 Å². The number of fused-ring (bicyclic) bond motifs is 2. The lowest BCUT2D eigenvalue weighted by Crippen LogP contribution is -2.39. The van der Waals surface area contributed by atoms with Crippen LogP contribution in [0.4, 0.5) is 11.4 Å². The maximum atomic E-state index is 12.5. The second kappa shape index (κ2) is 6.28. The quantitative estimate of drug-likeness (QED) is 0.927. The van der Waals surface area contributed by atoms with Gasteiger partial charge in [0, 0.05) is 28.4 Å². The topological polar surface area (TPSA) is 50.8 Å². The van der Waals surface area contributed by atoms with Gasteiger partial charge in [0.2, 0.25) is 12.7 Å². The van der Waals surface area contributed by atoms with Crippen molar-refractivity contribution >= 4 is 29.0 Å². The summed E-state index contributed by atoms with van der Waals surface area (Å²) in [6, 6.07) is 13.7. The van der Waals surface area contributed by atoms with Crippen LogP contribution in [0.5, 0.6) is 11.5 Å². The molecule has 0 saturated heterocycles. The van der Waals surface area contributed by atoms with E-state index in [2.05, 4.69) is 29.3 Å². The molecule has 0 spiro atoms. The highest BCUT2D eigenvalue weighted by molar-refractivity contribution is 8.00. The molecule has 0 saturated carbocycles. The first-order chi connectivity index (χ1) is 11.7. The Kier molecular flexibility index (Phi) is 3.98. The van der Waals surface area contributed by atoms with E-state index >= 15 is 0 Å². The average Bonchev–Trinajstić information content (AvgIpc) is 3.02. The van der Waals surface area contributed by atoms with Crippen molar-refractivity contribution in [1.82, 2.24) is 0 Å². The van der Waals surface area contributed by atoms with Crippen LogP contribution < -0.4 is 19.7 Å². The zero-order chi connectivity index (χ0) is 16.5. The molecule has 2 heterocycles. The van der Waals surface area contributed by atoms with E-state index in [9.17, 15) is 4.79 Å². The van der Waals surface area contributed by atoms with Gasteiger partial charge < -0.3 is 19.7 Å². The minimum Gasteiger partial charge on any atom is -0.454 e. The molecule has 2 aromatic carbocycles. The number of para-hydroxylation sites is 1. The SMILES string of the molecule is CC1CN(CC(=O)Nc2ccc3c(c2)OCO3)c2ccccc2S1. The Labute approximate surface area is 144 Å². The van der Waals surface area contributed by atoms with Gasteiger partial charge in [-0.3, -0.25) is 4.79 Å². The number of nitrogens with zero attached hydrogens (tertiary/aromatic N) is 1. The molecule has 5 nitrogen and oxygen atoms in total. The summed E-state index contributed by atoms with van der Waals surface area (Å²) in [7, 11) is 0. The van der Waals surface area contributed by atoms with Gasteiger partial charge in [-0.05, 0) is 24.3 Å². The molecule has 0 aromatic heterocycles. The van der Waals surface area contributed by atoms with E-state index < -0.39 is 0 Å². The number of thioether (sulfide) groups is 1. The number of nitrogens with one attached hydrogen (secondary N) is 1. The van der Waals surface area contributed by atoms with E-state index in [4.69, 9.17) is 9.47 Å². The van der Waals surface area contributed by atoms with Crippen molar-refractivity contribution < 1.29 is 14.3 Å². The van der Waals surface area contributed by atoms with Gasteiger partial charge >= 0.3 is 0 Å². The molecule has 2 aromatic rings. The van der Waals surface area contributed by atoms with Crippen molar-refractivity contribution in [2.24, 2.45) is 0 Å². The molecular formula is C18H18N2O3S. The lowest BCUT2D eigenvalue weighted by molar-refractivity contribution is -0.115. The molecule has 0 aliphatic carbocycles. The third-order valence-electron chi connectivity index (χ3n) is 4.00. The summed E-state index contributed by atoms with van der Waals surface area (Å²) in [5, 5.41) is 3.40. The number of amides is 1. The summed E-state index contributed by atoms with van der Waals surface area (Å²) in [5.74, 6) is 1.34. The highest BCUT2D eigenvalue weighted by Crippen LogP contribution is 2.38. The number of hydrogen-bond acceptors (Lipinski definition) is 5. The normalized spacial score (nSPS) is 18.2. The van der Waals surface area contributed by atoms with Gasteiger partial charge in [-0.25, -0.2) is 0 Å². The highest BCUT2D eigenvalue weighted by Gasteiger charge is 2.24. The summed E-state index contributed by atoms with van der Waals surface area (Å²) in [5.41, 5.74) is 1.85. The number of carbonyl (C=O) groups excluding carboxylic acids is 1. The molecule has 1 N–H and O–H groups in total. The van der Waals surface area contributed by atoms with Gasteiger partial charge in [0.25, 0.3) is 0 Å². The number of rotatable bonds is 3. The minimum atomic E-state index is -0.0391. The Hall–Kier alpha value is -2.34. The highest BCUT2D eigenvalue weighted by atomic mass is 32.2. The van der Waals surface area contributed by atoms with E-state index in [1.54, 1.807) is 6.07 Å². The molecule has 4 rings (SSSR count). The van der Waals surface area contributed by atoms with Gasteiger partial charge in [-0.2, -0.15) is 0 Å². The van der Waals surface area contributed by atoms with Crippen molar-refractivity contribution in [1.29, 1.82) is 0 Å². The number of hydrogen-bond donors (Lipinski definition) is 1. The smallest absolute Gasteiger partial charge is 0.243 e. The molecule has 2 aliphatic rings. The monoisotopic (exact) mass is 342 g/mol. The molecule has 1 atom stereocenters. The maximum Gasteiger partial charge on any atom is 0.243 e. The summed E-state index contributed by atoms with van der Waals surface area (Å²) in [4.78, 5) is 15.8. The summed E-state index contributed by atoms with van der Waals surface area (Å²) in [6.45, 7) is 3.60. The molecule has 0 fully saturated rings. The van der Waals surface area contributed by atoms with E-state index in [1.165, 1.54) is 4.90 Å². The molecule has 24 heavy (non-hydrogen) atoms. The zero-order valence-electron chi connectivity index (χ0n) is 13.3. The average molecular weight is 342 g/mol. The number of carbonyl (C=O) groups is 1. The van der Waals surface area contributed by atoms with Crippen molar-refractivity contribution in [3.63, 3.8) is 0 Å². The Morgan fingerprint density at radius 3 is 3.00 bits per heavy atom. The number of anilines is 2. The molecule has 2 aliphatic heterocycles. The van der Waals surface area contributed by atoms with Gasteiger partial charge in [-0.15, -0.1) is 11.8 Å². The summed E-state index contributed by atoms with van der Waals surface area (Å²) in [6.07, 6.45) is 0. The largest absolute Gasteiger partial charge is 0.454 e. The predicted molar refractivity (Wildman–Crippen MR) is 95.2 cm³/mol. The predicted octanol–water partition coefficient (Wildman–Crippen LogP) is 3.35. The fraction of sp³-hybridized carbons (Fsp3) is 0.278. The molecule has 1 amide bonds. The van der Waals surface area contributed by atoms with Crippen LogP contribution in [0.1, 0.15) is 6.92 Å². The fourth-order valence-corrected chi connectivity index (χ4v) is 4.14. The van der Waals surface area contributed by atoms with Crippen molar-refractivity contribution in [3.05, 3.63) is 42.5 Å². The van der Waals surface area contributed by atoms with Crippen LogP contribution in [-0.4, -0.2) is 31.0 Å². The number of ether oxygens (including phenoxy) is 2. The van der Waals surface area contributed by atoms with Crippen molar-refractivity contribution in [2.75, 3.05) is 30.1 Å². The van der Waals surface area contributed by atoms with Gasteiger partial charge in [0.05, 0.1) is 12.2 Å². The van der Waals surface area contributed by atoms with Gasteiger partial charge in [0.15, 0.2) is 11.5 Å². The molecule has 1 unspecified atom stereocenters. The molecule has 6 heteroatoms. The Morgan fingerprint density at radius 1 is 1.25 bits per heavy atom. The molecule has 124 valence electrons. The third-order valence-corrected chi connectivity index (χ3v) is 5.15. The van der Waals surface area contributed by atoms with Crippen LogP contribution >= 0.6 is 11.8 Å². The number of benzene rings is 2. The molecule has 0 bridgehead atoms. The van der Waals surface area contributed by atoms with Gasteiger partial charge in [0.1, 0.15) is 0 Å². The Balaban J connectivity index is 1.46. The van der Waals surface area contributed by atoms with Crippen molar-refractivity contribution in [2.45, 2.75) is 17.1 Å². The first-order valence-electron chi connectivity index (χ1n) is 7.89. The summed E-state index contributed by atoms with van der Waals surface area (Å²) >= 11 is 1.86. The standard InChI is InChI=1S/C18H18N2O3S/c1-12-9-20(14-4-2-3-5-17(14)24-12)10-18(21)19-13-6-7-15-16(8-13)23-11-22-15/h2-8,12H,9-11H2,1H3,(H,19,21). The Morgan fingerprint density at radius 2 is 2.08 bits per heavy atom.